The van der Waals surface area contributed by atoms with Crippen LogP contribution in [0.2, 0.25) is 0 Å². The quantitative estimate of drug-likeness (QED) is 0.602. The van der Waals surface area contributed by atoms with E-state index < -0.39 is 0 Å². The number of rotatable bonds is 5. The van der Waals surface area contributed by atoms with E-state index in [0.717, 1.165) is 12.0 Å². The van der Waals surface area contributed by atoms with Gasteiger partial charge >= 0.3 is 0 Å². The molecule has 1 aliphatic heterocycles. The van der Waals surface area contributed by atoms with Crippen LogP contribution in [0, 0.1) is 0 Å². The molecule has 0 amide bonds. The summed E-state index contributed by atoms with van der Waals surface area (Å²) in [6.45, 7) is 6.79. The molecule has 1 fully saturated rings. The second-order valence-electron chi connectivity index (χ2n) is 5.14. The third kappa shape index (κ3) is 4.37. The molecule has 1 unspecified atom stereocenters. The van der Waals surface area contributed by atoms with Gasteiger partial charge in [-0.15, -0.1) is 0 Å². The van der Waals surface area contributed by atoms with Crippen molar-refractivity contribution in [1.82, 2.24) is 0 Å². The second kappa shape index (κ2) is 6.73. The van der Waals surface area contributed by atoms with Crippen molar-refractivity contribution in [1.29, 1.82) is 0 Å². The summed E-state index contributed by atoms with van der Waals surface area (Å²) in [7, 11) is 0. The van der Waals surface area contributed by atoms with Crippen molar-refractivity contribution >= 4 is 5.57 Å². The normalized spacial score (nSPS) is 24.2. The van der Waals surface area contributed by atoms with Gasteiger partial charge < -0.3 is 14.2 Å². The molecule has 2 rings (SSSR count). The standard InChI is InChI=1S/C16H22O3/c1-14(15-6-4-3-5-7-15)12-17-9-8-16(2)13-18-10-11-19-16/h3-7,12H,8-11,13H2,1-2H3/b14-12-. The SMILES string of the molecule is C/C(=C/OCCC1(C)COCCO1)c1ccccc1. The van der Waals surface area contributed by atoms with Crippen LogP contribution in [0.4, 0.5) is 0 Å². The molecule has 3 nitrogen and oxygen atoms in total. The van der Waals surface area contributed by atoms with E-state index in [4.69, 9.17) is 14.2 Å². The van der Waals surface area contributed by atoms with Gasteiger partial charge in [0.2, 0.25) is 0 Å². The van der Waals surface area contributed by atoms with Crippen molar-refractivity contribution in [3.05, 3.63) is 42.2 Å². The van der Waals surface area contributed by atoms with Crippen LogP contribution in [0.5, 0.6) is 0 Å². The summed E-state index contributed by atoms with van der Waals surface area (Å²) in [4.78, 5) is 0. The van der Waals surface area contributed by atoms with Gasteiger partial charge in [-0.2, -0.15) is 0 Å². The van der Waals surface area contributed by atoms with Crippen LogP contribution in [0.1, 0.15) is 25.8 Å². The Balaban J connectivity index is 1.77. The fraction of sp³-hybridized carbons (Fsp3) is 0.500. The molecule has 1 aromatic rings. The zero-order valence-corrected chi connectivity index (χ0v) is 11.7. The molecular weight excluding hydrogens is 240 g/mol. The molecule has 3 heteroatoms. The summed E-state index contributed by atoms with van der Waals surface area (Å²) in [6, 6.07) is 10.2. The van der Waals surface area contributed by atoms with Crippen LogP contribution in [0.25, 0.3) is 5.57 Å². The van der Waals surface area contributed by atoms with Crippen molar-refractivity contribution in [2.75, 3.05) is 26.4 Å². The van der Waals surface area contributed by atoms with Gasteiger partial charge in [0.25, 0.3) is 0 Å². The van der Waals surface area contributed by atoms with Gasteiger partial charge in [-0.1, -0.05) is 30.3 Å². The Morgan fingerprint density at radius 1 is 1.32 bits per heavy atom. The number of benzene rings is 1. The van der Waals surface area contributed by atoms with E-state index in [2.05, 4.69) is 26.0 Å². The molecule has 0 saturated carbocycles. The zero-order valence-electron chi connectivity index (χ0n) is 11.7. The van der Waals surface area contributed by atoms with Gasteiger partial charge in [0.1, 0.15) is 0 Å². The van der Waals surface area contributed by atoms with E-state index in [1.165, 1.54) is 5.56 Å². The molecular formula is C16H22O3. The number of allylic oxidation sites excluding steroid dienone is 1. The van der Waals surface area contributed by atoms with Gasteiger partial charge in [0.05, 0.1) is 38.3 Å². The molecule has 104 valence electrons. The number of hydrogen-bond acceptors (Lipinski definition) is 3. The largest absolute Gasteiger partial charge is 0.501 e. The Hall–Kier alpha value is -1.32. The predicted molar refractivity (Wildman–Crippen MR) is 75.8 cm³/mol. The lowest BCUT2D eigenvalue weighted by atomic mass is 10.0. The minimum Gasteiger partial charge on any atom is -0.501 e. The van der Waals surface area contributed by atoms with E-state index in [1.807, 2.05) is 24.5 Å². The van der Waals surface area contributed by atoms with E-state index in [9.17, 15) is 0 Å². The fourth-order valence-corrected chi connectivity index (χ4v) is 2.05. The molecule has 1 saturated heterocycles. The summed E-state index contributed by atoms with van der Waals surface area (Å²) in [5.74, 6) is 0. The number of ether oxygens (including phenoxy) is 3. The molecule has 19 heavy (non-hydrogen) atoms. The smallest absolute Gasteiger partial charge is 0.0920 e. The Labute approximate surface area is 115 Å². The van der Waals surface area contributed by atoms with E-state index in [0.29, 0.717) is 26.4 Å². The Morgan fingerprint density at radius 3 is 2.79 bits per heavy atom. The van der Waals surface area contributed by atoms with Crippen LogP contribution in [-0.2, 0) is 14.2 Å². The van der Waals surface area contributed by atoms with E-state index in [-0.39, 0.29) is 5.60 Å². The molecule has 0 aromatic heterocycles. The lowest BCUT2D eigenvalue weighted by Gasteiger charge is -2.33. The lowest BCUT2D eigenvalue weighted by Crippen LogP contribution is -2.41. The van der Waals surface area contributed by atoms with Gasteiger partial charge in [0, 0.05) is 6.42 Å². The monoisotopic (exact) mass is 262 g/mol. The lowest BCUT2D eigenvalue weighted by molar-refractivity contribution is -0.154. The average Bonchev–Trinajstić information content (AvgIpc) is 2.45. The average molecular weight is 262 g/mol. The van der Waals surface area contributed by atoms with Gasteiger partial charge in [-0.25, -0.2) is 0 Å². The third-order valence-electron chi connectivity index (χ3n) is 3.32. The Morgan fingerprint density at radius 2 is 2.11 bits per heavy atom. The fourth-order valence-electron chi connectivity index (χ4n) is 2.05. The minimum atomic E-state index is -0.202. The highest BCUT2D eigenvalue weighted by molar-refractivity contribution is 5.62. The highest BCUT2D eigenvalue weighted by atomic mass is 16.6. The summed E-state index contributed by atoms with van der Waals surface area (Å²) < 4.78 is 16.8. The van der Waals surface area contributed by atoms with Crippen LogP contribution in [0.15, 0.2) is 36.6 Å². The third-order valence-corrected chi connectivity index (χ3v) is 3.32. The van der Waals surface area contributed by atoms with Crippen molar-refractivity contribution in [2.45, 2.75) is 25.9 Å². The molecule has 0 aliphatic carbocycles. The van der Waals surface area contributed by atoms with Gasteiger partial charge in [-0.05, 0) is 25.0 Å². The molecule has 1 aromatic carbocycles. The van der Waals surface area contributed by atoms with Crippen LogP contribution >= 0.6 is 0 Å². The molecule has 0 spiro atoms. The van der Waals surface area contributed by atoms with E-state index in [1.54, 1.807) is 0 Å². The van der Waals surface area contributed by atoms with Crippen LogP contribution in [-0.4, -0.2) is 32.0 Å². The molecule has 0 bridgehead atoms. The minimum absolute atomic E-state index is 0.202. The van der Waals surface area contributed by atoms with Crippen LogP contribution < -0.4 is 0 Å². The maximum atomic E-state index is 5.73. The van der Waals surface area contributed by atoms with Crippen molar-refractivity contribution < 1.29 is 14.2 Å². The maximum Gasteiger partial charge on any atom is 0.0920 e. The molecule has 1 aliphatic rings. The van der Waals surface area contributed by atoms with Gasteiger partial charge in [0.15, 0.2) is 0 Å². The van der Waals surface area contributed by atoms with Crippen molar-refractivity contribution in [3.63, 3.8) is 0 Å². The predicted octanol–water partition coefficient (Wildman–Crippen LogP) is 3.26. The summed E-state index contributed by atoms with van der Waals surface area (Å²) in [6.07, 6.45) is 2.66. The Bertz CT molecular complexity index is 405. The first kappa shape index (κ1) is 14.1. The van der Waals surface area contributed by atoms with Crippen molar-refractivity contribution in [3.8, 4) is 0 Å². The highest BCUT2D eigenvalue weighted by Gasteiger charge is 2.28. The first-order valence-electron chi connectivity index (χ1n) is 6.75. The van der Waals surface area contributed by atoms with Crippen LogP contribution in [0.3, 0.4) is 0 Å². The molecule has 1 heterocycles. The first-order chi connectivity index (χ1) is 9.20. The second-order valence-corrected chi connectivity index (χ2v) is 5.14. The summed E-state index contributed by atoms with van der Waals surface area (Å²) in [5.41, 5.74) is 2.12. The summed E-state index contributed by atoms with van der Waals surface area (Å²) >= 11 is 0. The maximum absolute atomic E-state index is 5.73. The first-order valence-corrected chi connectivity index (χ1v) is 6.75. The highest BCUT2D eigenvalue weighted by Crippen LogP contribution is 2.20. The Kier molecular flexibility index (Phi) is 5.00. The summed E-state index contributed by atoms with van der Waals surface area (Å²) in [5, 5.41) is 0. The topological polar surface area (TPSA) is 27.7 Å². The van der Waals surface area contributed by atoms with Crippen molar-refractivity contribution in [2.24, 2.45) is 0 Å². The molecule has 0 N–H and O–H groups in total. The number of hydrogen-bond donors (Lipinski definition) is 0. The zero-order chi connectivity index (χ0) is 13.6. The van der Waals surface area contributed by atoms with Gasteiger partial charge in [-0.3, -0.25) is 0 Å². The molecule has 1 atom stereocenters. The molecule has 0 radical (unpaired) electrons. The van der Waals surface area contributed by atoms with E-state index >= 15 is 0 Å².